The molecule has 0 radical (unpaired) electrons. The molecule has 0 spiro atoms. The van der Waals surface area contributed by atoms with Crippen LogP contribution in [0.1, 0.15) is 11.7 Å². The van der Waals surface area contributed by atoms with Gasteiger partial charge in [0.2, 0.25) is 15.0 Å². The van der Waals surface area contributed by atoms with E-state index < -0.39 is 15.9 Å². The lowest BCUT2D eigenvalue weighted by Gasteiger charge is -2.13. The second-order valence-corrected chi connectivity index (χ2v) is 6.55. The predicted molar refractivity (Wildman–Crippen MR) is 71.7 cm³/mol. The van der Waals surface area contributed by atoms with Gasteiger partial charge < -0.3 is 9.67 Å². The van der Waals surface area contributed by atoms with Crippen molar-refractivity contribution in [2.45, 2.75) is 17.8 Å². The highest BCUT2D eigenvalue weighted by Gasteiger charge is 2.17. The summed E-state index contributed by atoms with van der Waals surface area (Å²) in [5.41, 5.74) is 0.664. The third-order valence-electron chi connectivity index (χ3n) is 2.63. The maximum Gasteiger partial charge on any atom is 0.227 e. The number of imidazole rings is 1. The molecule has 0 saturated heterocycles. The van der Waals surface area contributed by atoms with E-state index in [0.717, 1.165) is 6.26 Å². The molecular weight excluding hydrogens is 288 g/mol. The van der Waals surface area contributed by atoms with E-state index in [1.165, 1.54) is 17.0 Å². The van der Waals surface area contributed by atoms with E-state index >= 15 is 0 Å². The molecule has 1 aromatic heterocycles. The maximum absolute atomic E-state index is 11.5. The molecule has 0 aliphatic rings. The highest BCUT2D eigenvalue weighted by Crippen LogP contribution is 2.19. The first-order chi connectivity index (χ1) is 8.88. The third-order valence-corrected chi connectivity index (χ3v) is 3.89. The summed E-state index contributed by atoms with van der Waals surface area (Å²) in [6.07, 6.45) is 3.17. The van der Waals surface area contributed by atoms with Crippen LogP contribution in [0.15, 0.2) is 41.8 Å². The molecule has 0 amide bonds. The van der Waals surface area contributed by atoms with Gasteiger partial charge in [-0.3, -0.25) is 0 Å². The Hall–Kier alpha value is -1.37. The third kappa shape index (κ3) is 3.34. The first-order valence-electron chi connectivity index (χ1n) is 5.52. The van der Waals surface area contributed by atoms with Crippen LogP contribution in [0.4, 0.5) is 0 Å². The number of rotatable bonds is 4. The largest absolute Gasteiger partial charge is 0.387 e. The van der Waals surface area contributed by atoms with Crippen LogP contribution in [0.5, 0.6) is 0 Å². The van der Waals surface area contributed by atoms with Gasteiger partial charge in [0.15, 0.2) is 0 Å². The molecule has 0 bridgehead atoms. The quantitative estimate of drug-likeness (QED) is 0.932. The Morgan fingerprint density at radius 2 is 2.00 bits per heavy atom. The number of sulfone groups is 1. The number of benzene rings is 1. The van der Waals surface area contributed by atoms with Gasteiger partial charge in [0.25, 0.3) is 0 Å². The van der Waals surface area contributed by atoms with Crippen LogP contribution in [-0.4, -0.2) is 29.3 Å². The number of aliphatic hydroxyl groups excluding tert-OH is 1. The maximum atomic E-state index is 11.5. The highest BCUT2D eigenvalue weighted by molar-refractivity contribution is 7.90. The van der Waals surface area contributed by atoms with Gasteiger partial charge in [-0.2, -0.15) is 0 Å². The zero-order valence-electron chi connectivity index (χ0n) is 10.2. The number of aromatic nitrogens is 2. The van der Waals surface area contributed by atoms with Gasteiger partial charge in [-0.1, -0.05) is 23.7 Å². The summed E-state index contributed by atoms with van der Waals surface area (Å²) >= 11 is 5.77. The molecular formula is C12H13ClN2O3S. The first kappa shape index (κ1) is 14.0. The van der Waals surface area contributed by atoms with Crippen molar-refractivity contribution in [1.82, 2.24) is 9.55 Å². The van der Waals surface area contributed by atoms with Crippen molar-refractivity contribution < 1.29 is 13.5 Å². The lowest BCUT2D eigenvalue weighted by atomic mass is 10.1. The second-order valence-electron chi connectivity index (χ2n) is 4.20. The van der Waals surface area contributed by atoms with Gasteiger partial charge in [-0.15, -0.1) is 0 Å². The van der Waals surface area contributed by atoms with Crippen LogP contribution in [0.25, 0.3) is 0 Å². The Kier molecular flexibility index (Phi) is 3.93. The summed E-state index contributed by atoms with van der Waals surface area (Å²) in [5, 5.41) is 10.6. The molecule has 0 saturated carbocycles. The number of hydrogen-bond donors (Lipinski definition) is 1. The fourth-order valence-corrected chi connectivity index (χ4v) is 2.68. The Morgan fingerprint density at radius 3 is 2.58 bits per heavy atom. The normalized spacial score (nSPS) is 13.4. The van der Waals surface area contributed by atoms with Gasteiger partial charge in [-0.05, 0) is 17.7 Å². The van der Waals surface area contributed by atoms with Crippen LogP contribution < -0.4 is 0 Å². The molecule has 1 N–H and O–H groups in total. The molecule has 1 aromatic carbocycles. The van der Waals surface area contributed by atoms with Crippen molar-refractivity contribution >= 4 is 21.4 Å². The van der Waals surface area contributed by atoms with Crippen LogP contribution >= 0.6 is 11.6 Å². The fourth-order valence-electron chi connectivity index (χ4n) is 1.74. The molecule has 1 unspecified atom stereocenters. The molecule has 1 heterocycles. The van der Waals surface area contributed by atoms with Gasteiger partial charge in [0.1, 0.15) is 0 Å². The minimum absolute atomic E-state index is 0.0551. The average Bonchev–Trinajstić information content (AvgIpc) is 2.77. The number of hydrogen-bond acceptors (Lipinski definition) is 4. The van der Waals surface area contributed by atoms with Crippen molar-refractivity contribution in [3.05, 3.63) is 47.2 Å². The standard InChI is InChI=1S/C12H13ClN2O3S/c1-19(17,18)12-14-6-7-15(12)8-11(16)9-2-4-10(13)5-3-9/h2-7,11,16H,8H2,1H3. The van der Waals surface area contributed by atoms with E-state index in [0.29, 0.717) is 10.6 Å². The van der Waals surface area contributed by atoms with Crippen LogP contribution in [0, 0.1) is 0 Å². The summed E-state index contributed by atoms with van der Waals surface area (Å²) < 4.78 is 24.4. The Balaban J connectivity index is 2.22. The average molecular weight is 301 g/mol. The molecule has 0 fully saturated rings. The number of halogens is 1. The summed E-state index contributed by atoms with van der Waals surface area (Å²) in [6.45, 7) is 0.115. The van der Waals surface area contributed by atoms with Crippen LogP contribution in [-0.2, 0) is 16.4 Å². The van der Waals surface area contributed by atoms with E-state index in [4.69, 9.17) is 11.6 Å². The topological polar surface area (TPSA) is 72.2 Å². The van der Waals surface area contributed by atoms with Crippen molar-refractivity contribution in [2.24, 2.45) is 0 Å². The van der Waals surface area contributed by atoms with E-state index in [1.807, 2.05) is 0 Å². The zero-order valence-corrected chi connectivity index (χ0v) is 11.8. The van der Waals surface area contributed by atoms with Gasteiger partial charge in [0, 0.05) is 23.7 Å². The van der Waals surface area contributed by atoms with Crippen molar-refractivity contribution in [3.8, 4) is 0 Å². The number of nitrogens with zero attached hydrogens (tertiary/aromatic N) is 2. The smallest absolute Gasteiger partial charge is 0.227 e. The van der Waals surface area contributed by atoms with Gasteiger partial charge in [0.05, 0.1) is 12.6 Å². The predicted octanol–water partition coefficient (Wildman–Crippen LogP) is 1.67. The Labute approximate surface area is 116 Å². The SMILES string of the molecule is CS(=O)(=O)c1nccn1CC(O)c1ccc(Cl)cc1. The minimum Gasteiger partial charge on any atom is -0.387 e. The van der Waals surface area contributed by atoms with Gasteiger partial charge in [-0.25, -0.2) is 13.4 Å². The molecule has 1 atom stereocenters. The molecule has 0 aliphatic carbocycles. The molecule has 0 aliphatic heterocycles. The lowest BCUT2D eigenvalue weighted by Crippen LogP contribution is -2.13. The molecule has 2 aromatic rings. The van der Waals surface area contributed by atoms with E-state index in [9.17, 15) is 13.5 Å². The zero-order chi connectivity index (χ0) is 14.0. The number of aliphatic hydroxyl groups is 1. The van der Waals surface area contributed by atoms with Crippen LogP contribution in [0.3, 0.4) is 0 Å². The minimum atomic E-state index is -3.41. The van der Waals surface area contributed by atoms with Crippen molar-refractivity contribution in [2.75, 3.05) is 6.26 Å². The lowest BCUT2D eigenvalue weighted by molar-refractivity contribution is 0.153. The molecule has 102 valence electrons. The van der Waals surface area contributed by atoms with E-state index in [2.05, 4.69) is 4.98 Å². The Morgan fingerprint density at radius 1 is 1.37 bits per heavy atom. The van der Waals surface area contributed by atoms with Crippen LogP contribution in [0.2, 0.25) is 5.02 Å². The van der Waals surface area contributed by atoms with Gasteiger partial charge >= 0.3 is 0 Å². The Bertz CT molecular complexity index is 665. The molecule has 2 rings (SSSR count). The summed E-state index contributed by atoms with van der Waals surface area (Å²) in [5.74, 6) is 0. The monoisotopic (exact) mass is 300 g/mol. The summed E-state index contributed by atoms with van der Waals surface area (Å²) in [6, 6.07) is 6.74. The van der Waals surface area contributed by atoms with E-state index in [-0.39, 0.29) is 11.7 Å². The first-order valence-corrected chi connectivity index (χ1v) is 7.79. The summed E-state index contributed by atoms with van der Waals surface area (Å²) in [4.78, 5) is 3.79. The highest BCUT2D eigenvalue weighted by atomic mass is 35.5. The van der Waals surface area contributed by atoms with Crippen molar-refractivity contribution in [3.63, 3.8) is 0 Å². The van der Waals surface area contributed by atoms with Crippen molar-refractivity contribution in [1.29, 1.82) is 0 Å². The fraction of sp³-hybridized carbons (Fsp3) is 0.250. The second kappa shape index (κ2) is 5.32. The molecule has 7 heteroatoms. The molecule has 5 nitrogen and oxygen atoms in total. The molecule has 19 heavy (non-hydrogen) atoms. The van der Waals surface area contributed by atoms with E-state index in [1.54, 1.807) is 24.3 Å². The summed E-state index contributed by atoms with van der Waals surface area (Å²) in [7, 11) is -3.41.